The van der Waals surface area contributed by atoms with Gasteiger partial charge in [-0.1, -0.05) is 41.4 Å². The van der Waals surface area contributed by atoms with Crippen molar-refractivity contribution in [1.29, 1.82) is 0 Å². The van der Waals surface area contributed by atoms with Gasteiger partial charge in [0.25, 0.3) is 10.0 Å². The molecule has 0 amide bonds. The van der Waals surface area contributed by atoms with Crippen LogP contribution in [-0.2, 0) is 10.0 Å². The third-order valence-corrected chi connectivity index (χ3v) is 5.74. The molecule has 4 aromatic rings. The number of nitrogens with one attached hydrogen (secondary N) is 2. The van der Waals surface area contributed by atoms with Gasteiger partial charge < -0.3 is 4.98 Å². The lowest BCUT2D eigenvalue weighted by Crippen LogP contribution is -2.13. The standard InChI is InChI=1S/C18H12Cl2N4O2S/c19-12-4-1-2-5-13(12)24-27(25,26)11-8-9-14-16(10-11)23-18(22-14)15-6-3-7-17(20)21-15/h1-10,24H,(H,22,23). The lowest BCUT2D eigenvalue weighted by atomic mass is 10.3. The predicted molar refractivity (Wildman–Crippen MR) is 107 cm³/mol. The van der Waals surface area contributed by atoms with Gasteiger partial charge in [0.05, 0.1) is 26.6 Å². The summed E-state index contributed by atoms with van der Waals surface area (Å²) in [6.45, 7) is 0. The minimum absolute atomic E-state index is 0.0872. The van der Waals surface area contributed by atoms with E-state index in [4.69, 9.17) is 23.2 Å². The third-order valence-electron chi connectivity index (χ3n) is 3.84. The summed E-state index contributed by atoms with van der Waals surface area (Å²) in [5.41, 5.74) is 2.06. The Labute approximate surface area is 165 Å². The number of halogens is 2. The molecule has 0 aliphatic carbocycles. The number of nitrogens with zero attached hydrogens (tertiary/aromatic N) is 2. The summed E-state index contributed by atoms with van der Waals surface area (Å²) < 4.78 is 27.9. The number of anilines is 1. The van der Waals surface area contributed by atoms with Crippen LogP contribution in [0.3, 0.4) is 0 Å². The summed E-state index contributed by atoms with van der Waals surface area (Å²) >= 11 is 12.0. The number of hydrogen-bond acceptors (Lipinski definition) is 4. The first kappa shape index (κ1) is 17.8. The maximum absolute atomic E-state index is 12.7. The number of sulfonamides is 1. The Bertz CT molecular complexity index is 1260. The Kier molecular flexibility index (Phi) is 4.51. The molecule has 6 nitrogen and oxygen atoms in total. The highest BCUT2D eigenvalue weighted by atomic mass is 35.5. The van der Waals surface area contributed by atoms with E-state index < -0.39 is 10.0 Å². The van der Waals surface area contributed by atoms with Crippen LogP contribution in [0.2, 0.25) is 10.2 Å². The second kappa shape index (κ2) is 6.84. The van der Waals surface area contributed by atoms with E-state index >= 15 is 0 Å². The molecule has 27 heavy (non-hydrogen) atoms. The predicted octanol–water partition coefficient (Wildman–Crippen LogP) is 4.73. The van der Waals surface area contributed by atoms with Crippen molar-refractivity contribution in [3.05, 3.63) is 70.8 Å². The highest BCUT2D eigenvalue weighted by Gasteiger charge is 2.17. The van der Waals surface area contributed by atoms with Gasteiger partial charge in [0.15, 0.2) is 5.82 Å². The molecule has 2 heterocycles. The average molecular weight is 419 g/mol. The van der Waals surface area contributed by atoms with Crippen molar-refractivity contribution in [2.24, 2.45) is 0 Å². The van der Waals surface area contributed by atoms with Crippen LogP contribution < -0.4 is 4.72 Å². The summed E-state index contributed by atoms with van der Waals surface area (Å²) in [7, 11) is -3.81. The summed E-state index contributed by atoms with van der Waals surface area (Å²) in [6.07, 6.45) is 0. The van der Waals surface area contributed by atoms with Crippen molar-refractivity contribution in [1.82, 2.24) is 15.0 Å². The first-order valence-corrected chi connectivity index (χ1v) is 10.1. The van der Waals surface area contributed by atoms with Gasteiger partial charge >= 0.3 is 0 Å². The van der Waals surface area contributed by atoms with Gasteiger partial charge in [-0.05, 0) is 42.5 Å². The number of imidazole rings is 1. The van der Waals surface area contributed by atoms with Crippen molar-refractivity contribution >= 4 is 49.9 Å². The number of fused-ring (bicyclic) bond motifs is 1. The molecule has 2 aromatic carbocycles. The Morgan fingerprint density at radius 1 is 0.926 bits per heavy atom. The zero-order valence-electron chi connectivity index (χ0n) is 13.6. The summed E-state index contributed by atoms with van der Waals surface area (Å²) in [6, 6.07) is 16.4. The lowest BCUT2D eigenvalue weighted by Gasteiger charge is -2.09. The molecule has 0 saturated heterocycles. The van der Waals surface area contributed by atoms with Gasteiger partial charge in [-0.25, -0.2) is 18.4 Å². The maximum Gasteiger partial charge on any atom is 0.262 e. The van der Waals surface area contributed by atoms with Crippen LogP contribution in [0.5, 0.6) is 0 Å². The zero-order valence-corrected chi connectivity index (χ0v) is 16.0. The van der Waals surface area contributed by atoms with Crippen molar-refractivity contribution in [3.63, 3.8) is 0 Å². The largest absolute Gasteiger partial charge is 0.337 e. The molecule has 0 atom stereocenters. The van der Waals surface area contributed by atoms with Gasteiger partial charge in [0.2, 0.25) is 0 Å². The smallest absolute Gasteiger partial charge is 0.262 e. The number of aromatic nitrogens is 3. The Hall–Kier alpha value is -2.61. The van der Waals surface area contributed by atoms with Crippen molar-refractivity contribution in [2.75, 3.05) is 4.72 Å². The van der Waals surface area contributed by atoms with Crippen LogP contribution in [0, 0.1) is 0 Å². The molecule has 136 valence electrons. The molecular formula is C18H12Cl2N4O2S. The molecule has 0 aliphatic rings. The van der Waals surface area contributed by atoms with E-state index in [1.165, 1.54) is 12.1 Å². The second-order valence-electron chi connectivity index (χ2n) is 5.70. The highest BCUT2D eigenvalue weighted by molar-refractivity contribution is 7.92. The number of para-hydroxylation sites is 1. The summed E-state index contributed by atoms with van der Waals surface area (Å²) in [5.74, 6) is 0.501. The topological polar surface area (TPSA) is 87.7 Å². The zero-order chi connectivity index (χ0) is 19.0. The SMILES string of the molecule is O=S(=O)(Nc1ccccc1Cl)c1ccc2nc(-c3cccc(Cl)n3)[nH]c2c1. The monoisotopic (exact) mass is 418 g/mol. The van der Waals surface area contributed by atoms with Gasteiger partial charge in [-0.15, -0.1) is 0 Å². The normalized spacial score (nSPS) is 11.6. The van der Waals surface area contributed by atoms with E-state index in [1.807, 2.05) is 0 Å². The summed E-state index contributed by atoms with van der Waals surface area (Å²) in [5, 5.41) is 0.665. The molecule has 0 bridgehead atoms. The fourth-order valence-electron chi connectivity index (χ4n) is 2.57. The number of H-pyrrole nitrogens is 1. The minimum atomic E-state index is -3.81. The number of benzene rings is 2. The molecule has 0 unspecified atom stereocenters. The Morgan fingerprint density at radius 3 is 2.52 bits per heavy atom. The van der Waals surface area contributed by atoms with E-state index in [0.717, 1.165) is 0 Å². The number of hydrogen-bond donors (Lipinski definition) is 2. The van der Waals surface area contributed by atoms with Crippen molar-refractivity contribution in [2.45, 2.75) is 4.90 Å². The van der Waals surface area contributed by atoms with Crippen LogP contribution in [0.1, 0.15) is 0 Å². The molecule has 0 radical (unpaired) electrons. The molecule has 0 saturated carbocycles. The second-order valence-corrected chi connectivity index (χ2v) is 8.17. The van der Waals surface area contributed by atoms with E-state index in [-0.39, 0.29) is 4.90 Å². The molecule has 0 aliphatic heterocycles. The van der Waals surface area contributed by atoms with E-state index in [9.17, 15) is 8.42 Å². The molecular weight excluding hydrogens is 407 g/mol. The molecule has 0 fully saturated rings. The molecule has 0 spiro atoms. The van der Waals surface area contributed by atoms with E-state index in [2.05, 4.69) is 19.7 Å². The number of pyridine rings is 1. The van der Waals surface area contributed by atoms with Crippen molar-refractivity contribution in [3.8, 4) is 11.5 Å². The number of rotatable bonds is 4. The Morgan fingerprint density at radius 2 is 1.74 bits per heavy atom. The third kappa shape index (κ3) is 3.62. The van der Waals surface area contributed by atoms with E-state index in [0.29, 0.717) is 38.4 Å². The fraction of sp³-hybridized carbons (Fsp3) is 0. The lowest BCUT2D eigenvalue weighted by molar-refractivity contribution is 0.601. The van der Waals surface area contributed by atoms with Crippen LogP contribution in [0.25, 0.3) is 22.6 Å². The van der Waals surface area contributed by atoms with Crippen LogP contribution in [0.4, 0.5) is 5.69 Å². The first-order chi connectivity index (χ1) is 12.9. The van der Waals surface area contributed by atoms with Gasteiger partial charge in [-0.2, -0.15) is 0 Å². The Balaban J connectivity index is 1.72. The molecule has 2 aromatic heterocycles. The van der Waals surface area contributed by atoms with Gasteiger partial charge in [0.1, 0.15) is 10.8 Å². The average Bonchev–Trinajstić information content (AvgIpc) is 3.07. The first-order valence-electron chi connectivity index (χ1n) is 7.82. The summed E-state index contributed by atoms with van der Waals surface area (Å²) in [4.78, 5) is 11.8. The quantitative estimate of drug-likeness (QED) is 0.468. The molecule has 4 rings (SSSR count). The van der Waals surface area contributed by atoms with Gasteiger partial charge in [0, 0.05) is 0 Å². The maximum atomic E-state index is 12.7. The molecule has 9 heteroatoms. The van der Waals surface area contributed by atoms with Crippen molar-refractivity contribution < 1.29 is 8.42 Å². The van der Waals surface area contributed by atoms with Crippen LogP contribution in [-0.4, -0.2) is 23.4 Å². The number of aromatic amines is 1. The van der Waals surface area contributed by atoms with E-state index in [1.54, 1.807) is 48.5 Å². The molecule has 2 N–H and O–H groups in total. The minimum Gasteiger partial charge on any atom is -0.337 e. The van der Waals surface area contributed by atoms with Gasteiger partial charge in [-0.3, -0.25) is 4.72 Å². The fourth-order valence-corrected chi connectivity index (χ4v) is 4.07. The van der Waals surface area contributed by atoms with Crippen LogP contribution >= 0.6 is 23.2 Å². The highest BCUT2D eigenvalue weighted by Crippen LogP contribution is 2.26. The van der Waals surface area contributed by atoms with Crippen LogP contribution in [0.15, 0.2) is 65.6 Å².